The summed E-state index contributed by atoms with van der Waals surface area (Å²) in [6, 6.07) is 7.49. The maximum atomic E-state index is 12.3. The molecule has 1 aromatic carbocycles. The van der Waals surface area contributed by atoms with Gasteiger partial charge in [0.25, 0.3) is 0 Å². The van der Waals surface area contributed by atoms with E-state index in [-0.39, 0.29) is 27.6 Å². The van der Waals surface area contributed by atoms with Gasteiger partial charge in [-0.25, -0.2) is 5.43 Å². The van der Waals surface area contributed by atoms with Crippen LogP contribution in [-0.2, 0) is 4.79 Å². The van der Waals surface area contributed by atoms with Crippen molar-refractivity contribution < 1.29 is 9.53 Å². The Morgan fingerprint density at radius 1 is 1.30 bits per heavy atom. The summed E-state index contributed by atoms with van der Waals surface area (Å²) >= 11 is 11.4. The highest BCUT2D eigenvalue weighted by molar-refractivity contribution is 6.55. The molecular formula is C17H20Cl2N2O2. The van der Waals surface area contributed by atoms with Crippen LogP contribution >= 0.6 is 23.2 Å². The summed E-state index contributed by atoms with van der Waals surface area (Å²) in [5, 5.41) is 4.18. The number of carbonyl (C=O) groups excluding carboxylic acids is 1. The fourth-order valence-electron chi connectivity index (χ4n) is 2.73. The molecule has 1 N–H and O–H groups in total. The molecule has 0 aromatic heterocycles. The van der Waals surface area contributed by atoms with Gasteiger partial charge in [0.15, 0.2) is 0 Å². The summed E-state index contributed by atoms with van der Waals surface area (Å²) in [6.07, 6.45) is 1.72. The second kappa shape index (κ2) is 6.93. The smallest absolute Gasteiger partial charge is 0.244 e. The predicted molar refractivity (Wildman–Crippen MR) is 93.9 cm³/mol. The normalized spacial score (nSPS) is 22.3. The third kappa shape index (κ3) is 4.06. The molecular weight excluding hydrogens is 335 g/mol. The van der Waals surface area contributed by atoms with Crippen LogP contribution in [-0.4, -0.2) is 18.7 Å². The summed E-state index contributed by atoms with van der Waals surface area (Å²) in [7, 11) is 1.62. The number of carbonyl (C=O) groups is 1. The maximum Gasteiger partial charge on any atom is 0.244 e. The van der Waals surface area contributed by atoms with Crippen molar-refractivity contribution in [3.63, 3.8) is 0 Å². The average molecular weight is 355 g/mol. The van der Waals surface area contributed by atoms with Crippen LogP contribution in [0, 0.1) is 17.3 Å². The Bertz CT molecular complexity index is 647. The van der Waals surface area contributed by atoms with E-state index in [9.17, 15) is 4.79 Å². The number of ether oxygens (including phenoxy) is 1. The summed E-state index contributed by atoms with van der Waals surface area (Å²) in [6.45, 7) is 5.86. The van der Waals surface area contributed by atoms with Crippen LogP contribution in [0.5, 0.6) is 5.75 Å². The van der Waals surface area contributed by atoms with Gasteiger partial charge in [-0.1, -0.05) is 37.0 Å². The highest BCUT2D eigenvalue weighted by Crippen LogP contribution is 2.59. The van der Waals surface area contributed by atoms with E-state index in [1.807, 2.05) is 45.0 Å². The first-order valence-corrected chi connectivity index (χ1v) is 8.04. The van der Waals surface area contributed by atoms with Crippen LogP contribution in [0.25, 0.3) is 0 Å². The summed E-state index contributed by atoms with van der Waals surface area (Å²) in [5.41, 5.74) is 4.11. The number of hydrogen-bond acceptors (Lipinski definition) is 3. The van der Waals surface area contributed by atoms with E-state index in [1.54, 1.807) is 13.2 Å². The molecule has 0 spiro atoms. The number of rotatable bonds is 5. The number of nitrogens with zero attached hydrogens (tertiary/aromatic N) is 1. The Balaban J connectivity index is 2.02. The molecule has 1 aliphatic carbocycles. The molecule has 1 fully saturated rings. The number of amides is 1. The molecule has 0 aliphatic heterocycles. The van der Waals surface area contributed by atoms with Crippen LogP contribution in [0.4, 0.5) is 0 Å². The molecule has 0 radical (unpaired) electrons. The topological polar surface area (TPSA) is 50.7 Å². The van der Waals surface area contributed by atoms with Crippen molar-refractivity contribution in [1.82, 2.24) is 5.43 Å². The Labute approximate surface area is 146 Å². The maximum absolute atomic E-state index is 12.3. The Morgan fingerprint density at radius 2 is 1.91 bits per heavy atom. The average Bonchev–Trinajstić information content (AvgIpc) is 3.04. The third-order valence-electron chi connectivity index (χ3n) is 4.34. The molecule has 124 valence electrons. The van der Waals surface area contributed by atoms with Gasteiger partial charge in [-0.05, 0) is 54.2 Å². The molecule has 2 rings (SSSR count). The second-order valence-electron chi connectivity index (χ2n) is 6.18. The lowest BCUT2D eigenvalue weighted by molar-refractivity contribution is -0.123. The molecule has 23 heavy (non-hydrogen) atoms. The largest absolute Gasteiger partial charge is 0.497 e. The van der Waals surface area contributed by atoms with Crippen molar-refractivity contribution in [1.29, 1.82) is 0 Å². The van der Waals surface area contributed by atoms with E-state index >= 15 is 0 Å². The number of benzene rings is 1. The van der Waals surface area contributed by atoms with Crippen molar-refractivity contribution >= 4 is 34.8 Å². The minimum Gasteiger partial charge on any atom is -0.497 e. The van der Waals surface area contributed by atoms with Gasteiger partial charge in [-0.15, -0.1) is 0 Å². The lowest BCUT2D eigenvalue weighted by atomic mass is 10.1. The summed E-state index contributed by atoms with van der Waals surface area (Å²) in [4.78, 5) is 12.3. The van der Waals surface area contributed by atoms with Crippen LogP contribution in [0.1, 0.15) is 26.3 Å². The first kappa shape index (κ1) is 17.8. The van der Waals surface area contributed by atoms with Gasteiger partial charge < -0.3 is 4.74 Å². The molecule has 2 atom stereocenters. The van der Waals surface area contributed by atoms with Crippen molar-refractivity contribution in [3.05, 3.63) is 40.4 Å². The SMILES string of the molecule is COc1ccc(C(C)=NNC(=O)C2C(C=C(Cl)Cl)C2(C)C)cc1. The van der Waals surface area contributed by atoms with Crippen molar-refractivity contribution in [2.45, 2.75) is 20.8 Å². The first-order valence-electron chi connectivity index (χ1n) is 7.28. The molecule has 1 saturated carbocycles. The summed E-state index contributed by atoms with van der Waals surface area (Å²) in [5.74, 6) is 0.503. The van der Waals surface area contributed by atoms with Gasteiger partial charge in [0.1, 0.15) is 10.2 Å². The molecule has 1 aliphatic rings. The zero-order valence-electron chi connectivity index (χ0n) is 13.6. The molecule has 0 bridgehead atoms. The van der Waals surface area contributed by atoms with Crippen LogP contribution in [0.3, 0.4) is 0 Å². The molecule has 1 aromatic rings. The number of halogens is 2. The fraction of sp³-hybridized carbons (Fsp3) is 0.412. The van der Waals surface area contributed by atoms with Gasteiger partial charge >= 0.3 is 0 Å². The molecule has 1 amide bonds. The standard InChI is InChI=1S/C17H20Cl2N2O2/c1-10(11-5-7-12(23-4)8-6-11)20-21-16(22)15-13(9-14(18)19)17(15,2)3/h5-9,13,15H,1-4H3,(H,21,22). The number of hydrogen-bond donors (Lipinski definition) is 1. The van der Waals surface area contributed by atoms with E-state index in [0.29, 0.717) is 0 Å². The van der Waals surface area contributed by atoms with Gasteiger partial charge in [-0.2, -0.15) is 5.10 Å². The van der Waals surface area contributed by atoms with Gasteiger partial charge in [0.05, 0.1) is 18.7 Å². The molecule has 2 unspecified atom stereocenters. The van der Waals surface area contributed by atoms with Crippen LogP contribution in [0.2, 0.25) is 0 Å². The number of hydrazone groups is 1. The minimum absolute atomic E-state index is 0.0315. The number of methoxy groups -OCH3 is 1. The van der Waals surface area contributed by atoms with E-state index in [1.165, 1.54) is 0 Å². The van der Waals surface area contributed by atoms with Crippen LogP contribution in [0.15, 0.2) is 39.9 Å². The van der Waals surface area contributed by atoms with Crippen molar-refractivity contribution in [2.75, 3.05) is 7.11 Å². The highest BCUT2D eigenvalue weighted by atomic mass is 35.5. The predicted octanol–water partition coefficient (Wildman–Crippen LogP) is 4.13. The zero-order chi connectivity index (χ0) is 17.2. The molecule has 0 saturated heterocycles. The Hall–Kier alpha value is -1.52. The van der Waals surface area contributed by atoms with Gasteiger partial charge in [0, 0.05) is 0 Å². The Kier molecular flexibility index (Phi) is 5.37. The number of allylic oxidation sites excluding steroid dienone is 1. The monoisotopic (exact) mass is 354 g/mol. The van der Waals surface area contributed by atoms with Crippen LogP contribution < -0.4 is 10.2 Å². The lowest BCUT2D eigenvalue weighted by Gasteiger charge is -2.05. The third-order valence-corrected chi connectivity index (χ3v) is 4.59. The zero-order valence-corrected chi connectivity index (χ0v) is 15.1. The highest BCUT2D eigenvalue weighted by Gasteiger charge is 2.60. The molecule has 0 heterocycles. The Morgan fingerprint density at radius 3 is 2.43 bits per heavy atom. The van der Waals surface area contributed by atoms with Crippen molar-refractivity contribution in [2.24, 2.45) is 22.4 Å². The lowest BCUT2D eigenvalue weighted by Crippen LogP contribution is -2.23. The van der Waals surface area contributed by atoms with E-state index in [2.05, 4.69) is 10.5 Å². The first-order chi connectivity index (χ1) is 10.8. The fourth-order valence-corrected chi connectivity index (χ4v) is 3.00. The quantitative estimate of drug-likeness (QED) is 0.638. The van der Waals surface area contributed by atoms with E-state index in [4.69, 9.17) is 27.9 Å². The number of nitrogens with one attached hydrogen (secondary N) is 1. The van der Waals surface area contributed by atoms with Gasteiger partial charge in [0.2, 0.25) is 5.91 Å². The van der Waals surface area contributed by atoms with E-state index in [0.717, 1.165) is 17.0 Å². The van der Waals surface area contributed by atoms with Gasteiger partial charge in [-0.3, -0.25) is 4.79 Å². The molecule has 4 nitrogen and oxygen atoms in total. The summed E-state index contributed by atoms with van der Waals surface area (Å²) < 4.78 is 5.31. The minimum atomic E-state index is -0.178. The molecule has 6 heteroatoms. The van der Waals surface area contributed by atoms with Crippen molar-refractivity contribution in [3.8, 4) is 5.75 Å². The van der Waals surface area contributed by atoms with E-state index < -0.39 is 0 Å². The second-order valence-corrected chi connectivity index (χ2v) is 7.19.